The van der Waals surface area contributed by atoms with E-state index in [1.807, 2.05) is 11.8 Å². The molecule has 1 fully saturated rings. The van der Waals surface area contributed by atoms with E-state index in [0.717, 1.165) is 18.8 Å². The van der Waals surface area contributed by atoms with Crippen molar-refractivity contribution in [3.63, 3.8) is 0 Å². The SMILES string of the molecule is CC(C)C1CSC(NC2CN(C)C2)=N1. The maximum absolute atomic E-state index is 4.68. The second kappa shape index (κ2) is 4.11. The molecule has 2 aliphatic rings. The first-order valence-corrected chi connectivity index (χ1v) is 6.29. The van der Waals surface area contributed by atoms with Crippen LogP contribution in [-0.4, -0.2) is 48.0 Å². The Labute approximate surface area is 90.3 Å². The average molecular weight is 213 g/mol. The van der Waals surface area contributed by atoms with Gasteiger partial charge in [-0.2, -0.15) is 0 Å². The lowest BCUT2D eigenvalue weighted by Gasteiger charge is -2.36. The first-order chi connectivity index (χ1) is 6.65. The Morgan fingerprint density at radius 2 is 2.21 bits per heavy atom. The summed E-state index contributed by atoms with van der Waals surface area (Å²) in [5.74, 6) is 1.83. The zero-order chi connectivity index (χ0) is 10.1. The van der Waals surface area contributed by atoms with Gasteiger partial charge in [0.2, 0.25) is 0 Å². The summed E-state index contributed by atoms with van der Waals surface area (Å²) in [7, 11) is 2.15. The normalized spacial score (nSPS) is 29.1. The van der Waals surface area contributed by atoms with Gasteiger partial charge in [-0.15, -0.1) is 0 Å². The first kappa shape index (κ1) is 10.3. The predicted molar refractivity (Wildman–Crippen MR) is 62.9 cm³/mol. The van der Waals surface area contributed by atoms with Crippen molar-refractivity contribution in [1.29, 1.82) is 0 Å². The highest BCUT2D eigenvalue weighted by Gasteiger charge is 2.27. The number of hydrogen-bond donors (Lipinski definition) is 1. The number of aliphatic imine (C=N–C) groups is 1. The van der Waals surface area contributed by atoms with Gasteiger partial charge in [0.25, 0.3) is 0 Å². The smallest absolute Gasteiger partial charge is 0.157 e. The third kappa shape index (κ3) is 2.23. The third-order valence-electron chi connectivity index (χ3n) is 2.84. The summed E-state index contributed by atoms with van der Waals surface area (Å²) >= 11 is 1.88. The summed E-state index contributed by atoms with van der Waals surface area (Å²) in [4.78, 5) is 7.00. The largest absolute Gasteiger partial charge is 0.360 e. The van der Waals surface area contributed by atoms with Crippen LogP contribution in [0.25, 0.3) is 0 Å². The monoisotopic (exact) mass is 213 g/mol. The topological polar surface area (TPSA) is 27.6 Å². The molecule has 3 nitrogen and oxygen atoms in total. The minimum Gasteiger partial charge on any atom is -0.360 e. The van der Waals surface area contributed by atoms with Gasteiger partial charge in [0.15, 0.2) is 5.17 Å². The van der Waals surface area contributed by atoms with Crippen LogP contribution in [0.5, 0.6) is 0 Å². The van der Waals surface area contributed by atoms with Gasteiger partial charge in [0, 0.05) is 18.8 Å². The van der Waals surface area contributed by atoms with Gasteiger partial charge in [-0.3, -0.25) is 4.99 Å². The van der Waals surface area contributed by atoms with Crippen LogP contribution < -0.4 is 5.32 Å². The number of amidine groups is 1. The van der Waals surface area contributed by atoms with Crippen LogP contribution in [0.4, 0.5) is 0 Å². The molecule has 1 saturated heterocycles. The molecule has 2 aliphatic heterocycles. The van der Waals surface area contributed by atoms with Crippen molar-refractivity contribution in [3.8, 4) is 0 Å². The Balaban J connectivity index is 1.79. The van der Waals surface area contributed by atoms with Gasteiger partial charge in [0.05, 0.1) is 12.1 Å². The van der Waals surface area contributed by atoms with E-state index in [4.69, 9.17) is 0 Å². The van der Waals surface area contributed by atoms with E-state index in [1.165, 1.54) is 5.17 Å². The number of rotatable bonds is 2. The van der Waals surface area contributed by atoms with E-state index in [1.54, 1.807) is 0 Å². The molecule has 0 amide bonds. The molecule has 1 N–H and O–H groups in total. The fourth-order valence-electron chi connectivity index (χ4n) is 1.77. The third-order valence-corrected chi connectivity index (χ3v) is 3.84. The minimum absolute atomic E-state index is 0.528. The first-order valence-electron chi connectivity index (χ1n) is 5.31. The number of nitrogens with zero attached hydrogens (tertiary/aromatic N) is 2. The van der Waals surface area contributed by atoms with Crippen LogP contribution in [0.1, 0.15) is 13.8 Å². The molecule has 0 aromatic carbocycles. The van der Waals surface area contributed by atoms with Crippen molar-refractivity contribution in [3.05, 3.63) is 0 Å². The van der Waals surface area contributed by atoms with Gasteiger partial charge in [0.1, 0.15) is 0 Å². The molecule has 2 rings (SSSR count). The summed E-state index contributed by atoms with van der Waals surface area (Å²) < 4.78 is 0. The molecular weight excluding hydrogens is 194 g/mol. The number of likely N-dealkylation sites (tertiary alicyclic amines) is 1. The van der Waals surface area contributed by atoms with Crippen molar-refractivity contribution >= 4 is 16.9 Å². The van der Waals surface area contributed by atoms with Gasteiger partial charge in [-0.25, -0.2) is 0 Å². The molecule has 0 bridgehead atoms. The lowest BCUT2D eigenvalue weighted by molar-refractivity contribution is 0.178. The molecular formula is C10H19N3S. The molecule has 0 aromatic rings. The average Bonchev–Trinajstić information content (AvgIpc) is 2.50. The Kier molecular flexibility index (Phi) is 3.02. The fourth-order valence-corrected chi connectivity index (χ4v) is 3.02. The summed E-state index contributed by atoms with van der Waals surface area (Å²) in [5, 5.41) is 4.67. The maximum Gasteiger partial charge on any atom is 0.157 e. The summed E-state index contributed by atoms with van der Waals surface area (Å²) in [5.41, 5.74) is 0. The zero-order valence-corrected chi connectivity index (χ0v) is 9.97. The van der Waals surface area contributed by atoms with Gasteiger partial charge in [-0.05, 0) is 13.0 Å². The standard InChI is InChI=1S/C10H19N3S/c1-7(2)9-6-14-10(12-9)11-8-4-13(3)5-8/h7-9H,4-6H2,1-3H3,(H,11,12). The molecule has 14 heavy (non-hydrogen) atoms. The number of thioether (sulfide) groups is 1. The second-order valence-corrected chi connectivity index (χ2v) is 5.63. The van der Waals surface area contributed by atoms with Crippen LogP contribution in [0.15, 0.2) is 4.99 Å². The molecule has 80 valence electrons. The molecule has 2 heterocycles. The lowest BCUT2D eigenvalue weighted by Crippen LogP contribution is -2.56. The second-order valence-electron chi connectivity index (χ2n) is 4.62. The van der Waals surface area contributed by atoms with Crippen LogP contribution >= 0.6 is 11.8 Å². The maximum atomic E-state index is 4.68. The molecule has 4 heteroatoms. The van der Waals surface area contributed by atoms with Crippen LogP contribution in [-0.2, 0) is 0 Å². The van der Waals surface area contributed by atoms with Crippen molar-refractivity contribution in [2.45, 2.75) is 25.9 Å². The van der Waals surface area contributed by atoms with E-state index < -0.39 is 0 Å². The lowest BCUT2D eigenvalue weighted by atomic mass is 10.1. The quantitative estimate of drug-likeness (QED) is 0.742. The van der Waals surface area contributed by atoms with Crippen molar-refractivity contribution in [2.75, 3.05) is 25.9 Å². The zero-order valence-electron chi connectivity index (χ0n) is 9.16. The summed E-state index contributed by atoms with van der Waals surface area (Å²) in [6.07, 6.45) is 0. The number of likely N-dealkylation sites (N-methyl/N-ethyl adjacent to an activating group) is 1. The van der Waals surface area contributed by atoms with Crippen LogP contribution in [0, 0.1) is 5.92 Å². The van der Waals surface area contributed by atoms with Crippen LogP contribution in [0.2, 0.25) is 0 Å². The van der Waals surface area contributed by atoms with Crippen LogP contribution in [0.3, 0.4) is 0 Å². The molecule has 1 unspecified atom stereocenters. The van der Waals surface area contributed by atoms with Crippen molar-refractivity contribution in [1.82, 2.24) is 10.2 Å². The summed E-state index contributed by atoms with van der Waals surface area (Å²) in [6.45, 7) is 6.81. The Hall–Kier alpha value is -0.220. The minimum atomic E-state index is 0.528. The van der Waals surface area contributed by atoms with Crippen molar-refractivity contribution < 1.29 is 0 Å². The van der Waals surface area contributed by atoms with Gasteiger partial charge >= 0.3 is 0 Å². The molecule has 0 aliphatic carbocycles. The Morgan fingerprint density at radius 3 is 2.71 bits per heavy atom. The molecule has 0 saturated carbocycles. The van der Waals surface area contributed by atoms with E-state index in [2.05, 4.69) is 36.1 Å². The van der Waals surface area contributed by atoms with E-state index in [-0.39, 0.29) is 0 Å². The highest BCUT2D eigenvalue weighted by Crippen LogP contribution is 2.22. The van der Waals surface area contributed by atoms with Gasteiger partial charge in [-0.1, -0.05) is 25.6 Å². The molecule has 0 aromatic heterocycles. The summed E-state index contributed by atoms with van der Waals surface area (Å²) in [6, 6.07) is 1.16. The predicted octanol–water partition coefficient (Wildman–Crippen LogP) is 1.02. The number of nitrogens with one attached hydrogen (secondary N) is 1. The molecule has 1 atom stereocenters. The van der Waals surface area contributed by atoms with Crippen molar-refractivity contribution in [2.24, 2.45) is 10.9 Å². The van der Waals surface area contributed by atoms with Gasteiger partial charge < -0.3 is 10.2 Å². The van der Waals surface area contributed by atoms with E-state index >= 15 is 0 Å². The highest BCUT2D eigenvalue weighted by molar-refractivity contribution is 8.14. The Morgan fingerprint density at radius 1 is 1.50 bits per heavy atom. The Bertz CT molecular complexity index is 234. The van der Waals surface area contributed by atoms with E-state index in [0.29, 0.717) is 18.0 Å². The molecule has 0 radical (unpaired) electrons. The molecule has 0 spiro atoms. The highest BCUT2D eigenvalue weighted by atomic mass is 32.2. The van der Waals surface area contributed by atoms with E-state index in [9.17, 15) is 0 Å². The number of hydrogen-bond acceptors (Lipinski definition) is 4. The fraction of sp³-hybridized carbons (Fsp3) is 0.900.